The van der Waals surface area contributed by atoms with Crippen molar-refractivity contribution in [2.45, 2.75) is 32.8 Å². The molecule has 3 unspecified atom stereocenters. The molecule has 1 heterocycles. The summed E-state index contributed by atoms with van der Waals surface area (Å²) < 4.78 is 1.98. The maximum atomic E-state index is 10.1. The second kappa shape index (κ2) is 3.39. The number of nitrogens with zero attached hydrogens (tertiary/aromatic N) is 2. The predicted octanol–water partition coefficient (Wildman–Crippen LogP) is 1.81. The van der Waals surface area contributed by atoms with Gasteiger partial charge in [-0.1, -0.05) is 13.3 Å². The zero-order chi connectivity index (χ0) is 10.3. The van der Waals surface area contributed by atoms with Gasteiger partial charge in [0.2, 0.25) is 0 Å². The standard InChI is InChI=1S/C11H18N2O/c1-4-8-5-9(8)11(14)10-6-12-7(2)13(10)3/h6,8-9,11,14H,4-5H2,1-3H3. The van der Waals surface area contributed by atoms with Crippen molar-refractivity contribution in [2.75, 3.05) is 0 Å². The minimum atomic E-state index is -0.314. The summed E-state index contributed by atoms with van der Waals surface area (Å²) in [6, 6.07) is 0. The highest BCUT2D eigenvalue weighted by molar-refractivity contribution is 5.11. The van der Waals surface area contributed by atoms with E-state index in [-0.39, 0.29) is 6.10 Å². The summed E-state index contributed by atoms with van der Waals surface area (Å²) in [5, 5.41) is 10.1. The van der Waals surface area contributed by atoms with Crippen molar-refractivity contribution in [1.82, 2.24) is 9.55 Å². The number of aryl methyl sites for hydroxylation is 1. The molecule has 14 heavy (non-hydrogen) atoms. The Morgan fingerprint density at radius 3 is 2.86 bits per heavy atom. The van der Waals surface area contributed by atoms with Gasteiger partial charge in [-0.3, -0.25) is 0 Å². The Morgan fingerprint density at radius 1 is 1.71 bits per heavy atom. The number of imidazole rings is 1. The monoisotopic (exact) mass is 194 g/mol. The zero-order valence-electron chi connectivity index (χ0n) is 9.07. The number of hydrogen-bond acceptors (Lipinski definition) is 2. The summed E-state index contributed by atoms with van der Waals surface area (Å²) in [4.78, 5) is 4.20. The Bertz CT molecular complexity index is 332. The summed E-state index contributed by atoms with van der Waals surface area (Å²) in [5.41, 5.74) is 0.962. The van der Waals surface area contributed by atoms with Gasteiger partial charge in [-0.25, -0.2) is 4.98 Å². The number of hydrogen-bond donors (Lipinski definition) is 1. The molecule has 1 aliphatic carbocycles. The molecule has 78 valence electrons. The normalized spacial score (nSPS) is 27.7. The predicted molar refractivity (Wildman–Crippen MR) is 54.8 cm³/mol. The van der Waals surface area contributed by atoms with Crippen molar-refractivity contribution in [3.8, 4) is 0 Å². The van der Waals surface area contributed by atoms with Crippen LogP contribution in [0.1, 0.15) is 37.4 Å². The second-order valence-corrected chi connectivity index (χ2v) is 4.30. The molecular weight excluding hydrogens is 176 g/mol. The van der Waals surface area contributed by atoms with E-state index in [4.69, 9.17) is 0 Å². The lowest BCUT2D eigenvalue weighted by Gasteiger charge is -2.11. The van der Waals surface area contributed by atoms with E-state index in [0.717, 1.165) is 17.4 Å². The van der Waals surface area contributed by atoms with Crippen LogP contribution in [0.15, 0.2) is 6.20 Å². The van der Waals surface area contributed by atoms with Gasteiger partial charge < -0.3 is 9.67 Å². The largest absolute Gasteiger partial charge is 0.387 e. The third-order valence-corrected chi connectivity index (χ3v) is 3.47. The lowest BCUT2D eigenvalue weighted by molar-refractivity contribution is 0.138. The quantitative estimate of drug-likeness (QED) is 0.797. The average Bonchev–Trinajstić information content (AvgIpc) is 2.89. The third kappa shape index (κ3) is 1.46. The summed E-state index contributed by atoms with van der Waals surface area (Å²) in [6.45, 7) is 4.15. The lowest BCUT2D eigenvalue weighted by Crippen LogP contribution is -2.07. The molecule has 3 atom stereocenters. The minimum Gasteiger partial charge on any atom is -0.387 e. The van der Waals surface area contributed by atoms with Gasteiger partial charge in [-0.2, -0.15) is 0 Å². The van der Waals surface area contributed by atoms with Gasteiger partial charge in [0.1, 0.15) is 5.82 Å². The van der Waals surface area contributed by atoms with Crippen LogP contribution in [-0.4, -0.2) is 14.7 Å². The van der Waals surface area contributed by atoms with E-state index in [1.54, 1.807) is 6.20 Å². The molecule has 1 saturated carbocycles. The molecule has 0 aromatic carbocycles. The number of aliphatic hydroxyl groups is 1. The van der Waals surface area contributed by atoms with Gasteiger partial charge in [0, 0.05) is 7.05 Å². The first-order valence-electron chi connectivity index (χ1n) is 5.31. The molecular formula is C11H18N2O. The van der Waals surface area contributed by atoms with Crippen LogP contribution >= 0.6 is 0 Å². The van der Waals surface area contributed by atoms with Crippen LogP contribution in [0.3, 0.4) is 0 Å². The van der Waals surface area contributed by atoms with E-state index in [9.17, 15) is 5.11 Å². The third-order valence-electron chi connectivity index (χ3n) is 3.47. The Morgan fingerprint density at radius 2 is 2.43 bits per heavy atom. The van der Waals surface area contributed by atoms with Crippen LogP contribution in [0.5, 0.6) is 0 Å². The maximum absolute atomic E-state index is 10.1. The van der Waals surface area contributed by atoms with Crippen LogP contribution in [0, 0.1) is 18.8 Å². The van der Waals surface area contributed by atoms with Crippen LogP contribution in [0.2, 0.25) is 0 Å². The summed E-state index contributed by atoms with van der Waals surface area (Å²) in [7, 11) is 1.96. The molecule has 0 bridgehead atoms. The van der Waals surface area contributed by atoms with Gasteiger partial charge >= 0.3 is 0 Å². The van der Waals surface area contributed by atoms with Gasteiger partial charge in [0.25, 0.3) is 0 Å². The van der Waals surface area contributed by atoms with Crippen LogP contribution < -0.4 is 0 Å². The van der Waals surface area contributed by atoms with Crippen molar-refractivity contribution in [3.05, 3.63) is 17.7 Å². The first-order chi connectivity index (χ1) is 6.65. The van der Waals surface area contributed by atoms with Crippen LogP contribution in [-0.2, 0) is 7.05 Å². The van der Waals surface area contributed by atoms with Crippen LogP contribution in [0.4, 0.5) is 0 Å². The molecule has 3 heteroatoms. The number of aliphatic hydroxyl groups excluding tert-OH is 1. The summed E-state index contributed by atoms with van der Waals surface area (Å²) in [5.74, 6) is 2.16. The van der Waals surface area contributed by atoms with Crippen molar-refractivity contribution in [1.29, 1.82) is 0 Å². The van der Waals surface area contributed by atoms with E-state index in [0.29, 0.717) is 5.92 Å². The highest BCUT2D eigenvalue weighted by Gasteiger charge is 2.42. The number of aromatic nitrogens is 2. The fraction of sp³-hybridized carbons (Fsp3) is 0.727. The summed E-state index contributed by atoms with van der Waals surface area (Å²) in [6.07, 6.45) is 3.83. The van der Waals surface area contributed by atoms with Gasteiger partial charge in [-0.05, 0) is 25.2 Å². The second-order valence-electron chi connectivity index (χ2n) is 4.30. The van der Waals surface area contributed by atoms with E-state index >= 15 is 0 Å². The Labute approximate surface area is 84.8 Å². The molecule has 1 aliphatic rings. The average molecular weight is 194 g/mol. The SMILES string of the molecule is CCC1CC1C(O)c1cnc(C)n1C. The minimum absolute atomic E-state index is 0.314. The molecule has 1 aromatic heterocycles. The lowest BCUT2D eigenvalue weighted by atomic mass is 10.1. The first kappa shape index (κ1) is 9.71. The van der Waals surface area contributed by atoms with E-state index in [1.807, 2.05) is 18.5 Å². The summed E-state index contributed by atoms with van der Waals surface area (Å²) >= 11 is 0. The van der Waals surface area contributed by atoms with E-state index in [1.165, 1.54) is 12.8 Å². The molecule has 2 rings (SSSR count). The Kier molecular flexibility index (Phi) is 2.35. The fourth-order valence-corrected chi connectivity index (χ4v) is 2.14. The van der Waals surface area contributed by atoms with Gasteiger partial charge in [0.15, 0.2) is 0 Å². The van der Waals surface area contributed by atoms with Crippen LogP contribution in [0.25, 0.3) is 0 Å². The molecule has 0 saturated heterocycles. The Hall–Kier alpha value is -0.830. The topological polar surface area (TPSA) is 38.1 Å². The molecule has 1 fully saturated rings. The van der Waals surface area contributed by atoms with Crippen molar-refractivity contribution in [2.24, 2.45) is 18.9 Å². The molecule has 3 nitrogen and oxygen atoms in total. The van der Waals surface area contributed by atoms with Crippen molar-refractivity contribution < 1.29 is 5.11 Å². The van der Waals surface area contributed by atoms with Gasteiger partial charge in [0.05, 0.1) is 18.0 Å². The molecule has 1 N–H and O–H groups in total. The van der Waals surface area contributed by atoms with Crippen molar-refractivity contribution >= 4 is 0 Å². The van der Waals surface area contributed by atoms with E-state index < -0.39 is 0 Å². The zero-order valence-corrected chi connectivity index (χ0v) is 9.07. The highest BCUT2D eigenvalue weighted by atomic mass is 16.3. The molecule has 0 aliphatic heterocycles. The van der Waals surface area contributed by atoms with Crippen molar-refractivity contribution in [3.63, 3.8) is 0 Å². The highest BCUT2D eigenvalue weighted by Crippen LogP contribution is 2.49. The molecule has 0 radical (unpaired) electrons. The molecule has 1 aromatic rings. The van der Waals surface area contributed by atoms with E-state index in [2.05, 4.69) is 11.9 Å². The molecule has 0 amide bonds. The van der Waals surface area contributed by atoms with Gasteiger partial charge in [-0.15, -0.1) is 0 Å². The number of rotatable bonds is 3. The first-order valence-corrected chi connectivity index (χ1v) is 5.31. The maximum Gasteiger partial charge on any atom is 0.105 e. The fourth-order valence-electron chi connectivity index (χ4n) is 2.14. The molecule has 0 spiro atoms. The Balaban J connectivity index is 2.12. The smallest absolute Gasteiger partial charge is 0.105 e.